The fourth-order valence-corrected chi connectivity index (χ4v) is 2.80. The Hall–Kier alpha value is -2.34. The van der Waals surface area contributed by atoms with Crippen LogP contribution < -0.4 is 10.6 Å². The molecule has 1 aliphatic heterocycles. The van der Waals surface area contributed by atoms with Gasteiger partial charge in [-0.25, -0.2) is 0 Å². The number of amides is 2. The Labute approximate surface area is 126 Å². The number of carbonyl (C=O) groups is 2. The summed E-state index contributed by atoms with van der Waals surface area (Å²) in [7, 11) is 0. The molecule has 0 bridgehead atoms. The van der Waals surface area contributed by atoms with Crippen LogP contribution in [0.1, 0.15) is 15.9 Å². The van der Waals surface area contributed by atoms with Crippen molar-refractivity contribution in [2.24, 2.45) is 0 Å². The molecule has 1 aliphatic rings. The molecule has 0 atom stereocenters. The molecule has 0 saturated carbocycles. The van der Waals surface area contributed by atoms with Gasteiger partial charge in [-0.1, -0.05) is 6.07 Å². The topological polar surface area (TPSA) is 71.1 Å². The predicted octanol–water partition coefficient (Wildman–Crippen LogP) is 2.06. The highest BCUT2D eigenvalue weighted by atomic mass is 32.2. The summed E-state index contributed by atoms with van der Waals surface area (Å²) in [5.74, 6) is 0.200. The van der Waals surface area contributed by atoms with Crippen LogP contribution in [-0.2, 0) is 11.3 Å². The lowest BCUT2D eigenvalue weighted by Crippen LogP contribution is -2.24. The Morgan fingerprint density at radius 2 is 2.29 bits per heavy atom. The Morgan fingerprint density at radius 1 is 1.38 bits per heavy atom. The molecule has 6 heteroatoms. The van der Waals surface area contributed by atoms with Crippen molar-refractivity contribution in [2.75, 3.05) is 11.1 Å². The molecule has 0 spiro atoms. The van der Waals surface area contributed by atoms with Crippen LogP contribution in [0, 0.1) is 0 Å². The maximum atomic E-state index is 12.1. The fraction of sp³-hybridized carbons (Fsp3) is 0.133. The van der Waals surface area contributed by atoms with Crippen molar-refractivity contribution < 1.29 is 9.59 Å². The van der Waals surface area contributed by atoms with E-state index in [2.05, 4.69) is 15.6 Å². The van der Waals surface area contributed by atoms with Gasteiger partial charge in [0.25, 0.3) is 5.91 Å². The van der Waals surface area contributed by atoms with E-state index >= 15 is 0 Å². The lowest BCUT2D eigenvalue weighted by Gasteiger charge is -2.16. The maximum Gasteiger partial charge on any atom is 0.251 e. The molecule has 1 aromatic carbocycles. The van der Waals surface area contributed by atoms with Gasteiger partial charge in [-0.05, 0) is 29.8 Å². The number of rotatable bonds is 3. The minimum atomic E-state index is -0.175. The highest BCUT2D eigenvalue weighted by Gasteiger charge is 2.17. The van der Waals surface area contributed by atoms with Gasteiger partial charge >= 0.3 is 0 Å². The van der Waals surface area contributed by atoms with Gasteiger partial charge in [0.1, 0.15) is 0 Å². The zero-order valence-corrected chi connectivity index (χ0v) is 11.9. The van der Waals surface area contributed by atoms with Crippen molar-refractivity contribution >= 4 is 29.3 Å². The van der Waals surface area contributed by atoms with Gasteiger partial charge in [-0.2, -0.15) is 0 Å². The molecule has 2 amide bonds. The first-order valence-corrected chi connectivity index (χ1v) is 7.45. The van der Waals surface area contributed by atoms with Crippen LogP contribution in [0.3, 0.4) is 0 Å². The zero-order chi connectivity index (χ0) is 14.7. The monoisotopic (exact) mass is 299 g/mol. The Bertz CT molecular complexity index is 689. The summed E-state index contributed by atoms with van der Waals surface area (Å²) in [6, 6.07) is 9.06. The molecule has 3 rings (SSSR count). The second kappa shape index (κ2) is 5.97. The summed E-state index contributed by atoms with van der Waals surface area (Å²) in [4.78, 5) is 28.5. The van der Waals surface area contributed by atoms with Crippen LogP contribution in [0.2, 0.25) is 0 Å². The minimum absolute atomic E-state index is 0.0413. The average molecular weight is 299 g/mol. The molecule has 5 nitrogen and oxygen atoms in total. The van der Waals surface area contributed by atoms with Crippen LogP contribution in [0.5, 0.6) is 0 Å². The smallest absolute Gasteiger partial charge is 0.251 e. The van der Waals surface area contributed by atoms with E-state index in [0.717, 1.165) is 10.5 Å². The molecular formula is C15H13N3O2S. The molecule has 2 N–H and O–H groups in total. The van der Waals surface area contributed by atoms with E-state index in [0.29, 0.717) is 23.5 Å². The number of carbonyl (C=O) groups excluding carboxylic acids is 2. The molecule has 2 heterocycles. The average Bonchev–Trinajstić information content (AvgIpc) is 2.53. The first kappa shape index (κ1) is 13.6. The first-order chi connectivity index (χ1) is 10.2. The number of aromatic nitrogens is 1. The largest absolute Gasteiger partial charge is 0.348 e. The Morgan fingerprint density at radius 3 is 3.10 bits per heavy atom. The summed E-state index contributed by atoms with van der Waals surface area (Å²) >= 11 is 1.48. The highest BCUT2D eigenvalue weighted by Crippen LogP contribution is 2.31. The number of anilines is 1. The molecule has 21 heavy (non-hydrogen) atoms. The number of fused-ring (bicyclic) bond motifs is 1. The van der Waals surface area contributed by atoms with Gasteiger partial charge in [0, 0.05) is 29.4 Å². The third-order valence-electron chi connectivity index (χ3n) is 3.05. The van der Waals surface area contributed by atoms with E-state index < -0.39 is 0 Å². The van der Waals surface area contributed by atoms with Crippen molar-refractivity contribution in [2.45, 2.75) is 11.4 Å². The Balaban J connectivity index is 1.70. The van der Waals surface area contributed by atoms with Crippen molar-refractivity contribution in [1.29, 1.82) is 0 Å². The van der Waals surface area contributed by atoms with Crippen molar-refractivity contribution in [3.8, 4) is 0 Å². The molecular weight excluding hydrogens is 286 g/mol. The van der Waals surface area contributed by atoms with Gasteiger partial charge in [0.2, 0.25) is 5.91 Å². The Kier molecular flexibility index (Phi) is 3.87. The molecule has 0 saturated heterocycles. The summed E-state index contributed by atoms with van der Waals surface area (Å²) in [5, 5.41) is 5.61. The van der Waals surface area contributed by atoms with E-state index in [1.165, 1.54) is 11.8 Å². The molecule has 0 fully saturated rings. The number of benzene rings is 1. The summed E-state index contributed by atoms with van der Waals surface area (Å²) in [5.41, 5.74) is 2.17. The fourth-order valence-electron chi connectivity index (χ4n) is 2.01. The van der Waals surface area contributed by atoms with E-state index in [1.807, 2.05) is 18.2 Å². The van der Waals surface area contributed by atoms with Crippen LogP contribution in [0.25, 0.3) is 0 Å². The molecule has 0 unspecified atom stereocenters. The minimum Gasteiger partial charge on any atom is -0.348 e. The maximum absolute atomic E-state index is 12.1. The molecule has 106 valence electrons. The van der Waals surface area contributed by atoms with Crippen molar-refractivity contribution in [1.82, 2.24) is 10.3 Å². The number of hydrogen-bond donors (Lipinski definition) is 2. The second-order valence-electron chi connectivity index (χ2n) is 4.59. The van der Waals surface area contributed by atoms with E-state index in [1.54, 1.807) is 24.5 Å². The highest BCUT2D eigenvalue weighted by molar-refractivity contribution is 8.00. The molecule has 1 aromatic heterocycles. The van der Waals surface area contributed by atoms with Crippen LogP contribution in [0.15, 0.2) is 47.6 Å². The number of hydrogen-bond acceptors (Lipinski definition) is 4. The quantitative estimate of drug-likeness (QED) is 0.910. The molecule has 0 radical (unpaired) electrons. The predicted molar refractivity (Wildman–Crippen MR) is 81.2 cm³/mol. The van der Waals surface area contributed by atoms with Gasteiger partial charge in [-0.15, -0.1) is 11.8 Å². The lowest BCUT2D eigenvalue weighted by atomic mass is 10.1. The number of pyridine rings is 1. The number of thioether (sulfide) groups is 1. The standard InChI is InChI=1S/C15H13N3O2S/c19-14-9-21-13-4-3-11(6-12(13)18-14)15(20)17-8-10-2-1-5-16-7-10/h1-7H,8-9H2,(H,17,20)(H,18,19). The summed E-state index contributed by atoms with van der Waals surface area (Å²) < 4.78 is 0. The van der Waals surface area contributed by atoms with E-state index in [4.69, 9.17) is 0 Å². The van der Waals surface area contributed by atoms with Crippen molar-refractivity contribution in [3.63, 3.8) is 0 Å². The van der Waals surface area contributed by atoms with Crippen LogP contribution >= 0.6 is 11.8 Å². The van der Waals surface area contributed by atoms with Crippen LogP contribution in [-0.4, -0.2) is 22.6 Å². The SMILES string of the molecule is O=C1CSc2ccc(C(=O)NCc3cccnc3)cc2N1. The first-order valence-electron chi connectivity index (χ1n) is 6.46. The van der Waals surface area contributed by atoms with Crippen molar-refractivity contribution in [3.05, 3.63) is 53.9 Å². The van der Waals surface area contributed by atoms with Gasteiger partial charge in [0.05, 0.1) is 11.4 Å². The molecule has 2 aromatic rings. The number of nitrogens with one attached hydrogen (secondary N) is 2. The van der Waals surface area contributed by atoms with Crippen LogP contribution in [0.4, 0.5) is 5.69 Å². The normalized spacial score (nSPS) is 13.2. The van der Waals surface area contributed by atoms with E-state index in [9.17, 15) is 9.59 Å². The zero-order valence-electron chi connectivity index (χ0n) is 11.1. The van der Waals surface area contributed by atoms with Gasteiger partial charge in [0.15, 0.2) is 0 Å². The third-order valence-corrected chi connectivity index (χ3v) is 4.12. The van der Waals surface area contributed by atoms with Gasteiger partial charge in [-0.3, -0.25) is 14.6 Å². The number of nitrogens with zero attached hydrogens (tertiary/aromatic N) is 1. The summed E-state index contributed by atoms with van der Waals surface area (Å²) in [6.45, 7) is 0.421. The molecule has 0 aliphatic carbocycles. The summed E-state index contributed by atoms with van der Waals surface area (Å²) in [6.07, 6.45) is 3.40. The lowest BCUT2D eigenvalue weighted by molar-refractivity contribution is -0.113. The van der Waals surface area contributed by atoms with Gasteiger partial charge < -0.3 is 10.6 Å². The third kappa shape index (κ3) is 3.22. The second-order valence-corrected chi connectivity index (χ2v) is 5.61. The van der Waals surface area contributed by atoms with E-state index in [-0.39, 0.29) is 11.8 Å².